The summed E-state index contributed by atoms with van der Waals surface area (Å²) in [6, 6.07) is 0.884. The molecule has 28 heavy (non-hydrogen) atoms. The van der Waals surface area contributed by atoms with Gasteiger partial charge in [0.1, 0.15) is 5.82 Å². The molecule has 1 aliphatic carbocycles. The number of carbonyl (C=O) groups is 1. The highest BCUT2D eigenvalue weighted by atomic mass is 16.5. The quantitative estimate of drug-likeness (QED) is 0.512. The molecule has 158 valence electrons. The number of nitrogen functional groups attached to an aromatic ring is 1. The lowest BCUT2D eigenvalue weighted by Gasteiger charge is -2.39. The second-order valence-corrected chi connectivity index (χ2v) is 8.13. The number of nitrogens with zero attached hydrogens (tertiary/aromatic N) is 3. The van der Waals surface area contributed by atoms with Gasteiger partial charge in [0.2, 0.25) is 11.9 Å². The molecule has 1 aromatic rings. The van der Waals surface area contributed by atoms with Crippen molar-refractivity contribution in [2.75, 3.05) is 32.5 Å². The van der Waals surface area contributed by atoms with Crippen LogP contribution in [-0.4, -0.2) is 70.9 Å². The summed E-state index contributed by atoms with van der Waals surface area (Å²) in [5.74, 6) is 0.787. The summed E-state index contributed by atoms with van der Waals surface area (Å²) in [6.45, 7) is 5.46. The Labute approximate surface area is 167 Å². The molecule has 0 spiro atoms. The maximum atomic E-state index is 12.6. The number of nitrogens with one attached hydrogen (secondary N) is 3. The number of ether oxygens (including phenoxy) is 1. The van der Waals surface area contributed by atoms with Gasteiger partial charge < -0.3 is 26.0 Å². The van der Waals surface area contributed by atoms with Crippen molar-refractivity contribution in [3.05, 3.63) is 5.82 Å². The van der Waals surface area contributed by atoms with Gasteiger partial charge in [0.25, 0.3) is 0 Å². The van der Waals surface area contributed by atoms with E-state index >= 15 is 0 Å². The van der Waals surface area contributed by atoms with E-state index in [4.69, 9.17) is 10.5 Å². The topological polar surface area (TPSA) is 121 Å². The molecule has 5 N–H and O–H groups in total. The summed E-state index contributed by atoms with van der Waals surface area (Å²) in [4.78, 5) is 19.0. The number of H-pyrrole nitrogens is 1. The van der Waals surface area contributed by atoms with Gasteiger partial charge in [-0.3, -0.25) is 9.89 Å². The highest BCUT2D eigenvalue weighted by molar-refractivity contribution is 5.78. The number of amides is 1. The minimum absolute atomic E-state index is 0.0299. The molecule has 1 aromatic heterocycles. The Morgan fingerprint density at radius 2 is 2.11 bits per heavy atom. The summed E-state index contributed by atoms with van der Waals surface area (Å²) in [6.07, 6.45) is 6.03. The van der Waals surface area contributed by atoms with Gasteiger partial charge in [-0.25, -0.2) is 0 Å². The third-order valence-corrected chi connectivity index (χ3v) is 5.85. The monoisotopic (exact) mass is 393 g/mol. The predicted octanol–water partition coefficient (Wildman–Crippen LogP) is 0.651. The fraction of sp³-hybridized carbons (Fsp3) is 0.842. The van der Waals surface area contributed by atoms with Crippen molar-refractivity contribution in [3.8, 4) is 0 Å². The molecule has 9 nitrogen and oxygen atoms in total. The number of aromatic nitrogens is 3. The molecule has 0 radical (unpaired) electrons. The minimum Gasteiger partial charge on any atom is -0.377 e. The van der Waals surface area contributed by atoms with E-state index in [-0.39, 0.29) is 23.9 Å². The van der Waals surface area contributed by atoms with Gasteiger partial charge in [-0.2, -0.15) is 4.98 Å². The average molecular weight is 394 g/mol. The van der Waals surface area contributed by atoms with E-state index in [1.165, 1.54) is 12.8 Å². The number of piperidine rings is 1. The molecule has 1 amide bonds. The Kier molecular flexibility index (Phi) is 7.64. The number of nitrogens with two attached hydrogens (primary N) is 1. The first-order valence-electron chi connectivity index (χ1n) is 10.6. The number of anilines is 1. The standard InChI is InChI=1S/C19H35N7O2/c1-3-10-28-16-11-13(18(27)21-12-17-23-19(20)25-24-17)4-5-15(16)22-14-6-8-26(2)9-7-14/h13-16,22H,3-12H2,1-2H3,(H,21,27)(H3,20,23,24,25)/t13-,15-,16-/m0/s1. The number of rotatable bonds is 8. The fourth-order valence-electron chi connectivity index (χ4n) is 4.19. The van der Waals surface area contributed by atoms with Crippen LogP contribution in [0.25, 0.3) is 0 Å². The Morgan fingerprint density at radius 3 is 2.79 bits per heavy atom. The summed E-state index contributed by atoms with van der Waals surface area (Å²) in [5.41, 5.74) is 5.50. The van der Waals surface area contributed by atoms with Crippen molar-refractivity contribution in [1.29, 1.82) is 0 Å². The molecular weight excluding hydrogens is 358 g/mol. The Bertz CT molecular complexity index is 615. The number of carbonyl (C=O) groups excluding carboxylic acids is 1. The Hall–Kier alpha value is -1.71. The molecule has 1 saturated carbocycles. The van der Waals surface area contributed by atoms with E-state index in [1.807, 2.05) is 0 Å². The van der Waals surface area contributed by atoms with Gasteiger partial charge >= 0.3 is 0 Å². The van der Waals surface area contributed by atoms with Gasteiger partial charge in [0.05, 0.1) is 12.6 Å². The molecule has 2 heterocycles. The fourth-order valence-corrected chi connectivity index (χ4v) is 4.19. The van der Waals surface area contributed by atoms with Gasteiger partial charge in [0, 0.05) is 24.6 Å². The van der Waals surface area contributed by atoms with Crippen LogP contribution in [0.1, 0.15) is 51.3 Å². The van der Waals surface area contributed by atoms with E-state index < -0.39 is 0 Å². The number of likely N-dealkylation sites (tertiary alicyclic amines) is 1. The number of hydrogen-bond donors (Lipinski definition) is 4. The van der Waals surface area contributed by atoms with E-state index in [9.17, 15) is 4.79 Å². The van der Waals surface area contributed by atoms with Crippen LogP contribution in [0.4, 0.5) is 5.95 Å². The maximum Gasteiger partial charge on any atom is 0.239 e. The molecule has 1 aliphatic heterocycles. The maximum absolute atomic E-state index is 12.6. The van der Waals surface area contributed by atoms with Crippen molar-refractivity contribution in [3.63, 3.8) is 0 Å². The normalized spacial score (nSPS) is 27.0. The van der Waals surface area contributed by atoms with Crippen LogP contribution in [0.2, 0.25) is 0 Å². The SMILES string of the molecule is CCCO[C@H]1C[C@@H](C(=O)NCc2nc(N)n[nH]2)CC[C@@H]1NC1CCN(C)CC1. The molecule has 0 aromatic carbocycles. The third kappa shape index (κ3) is 5.89. The van der Waals surface area contributed by atoms with E-state index in [0.29, 0.717) is 24.5 Å². The third-order valence-electron chi connectivity index (χ3n) is 5.85. The van der Waals surface area contributed by atoms with Crippen LogP contribution in [0.3, 0.4) is 0 Å². The molecular formula is C19H35N7O2. The van der Waals surface area contributed by atoms with Crippen molar-refractivity contribution in [1.82, 2.24) is 30.7 Å². The molecule has 3 rings (SSSR count). The predicted molar refractivity (Wildman–Crippen MR) is 107 cm³/mol. The largest absolute Gasteiger partial charge is 0.377 e. The zero-order valence-electron chi connectivity index (χ0n) is 17.1. The van der Waals surface area contributed by atoms with Crippen molar-refractivity contribution in [2.45, 2.75) is 70.2 Å². The molecule has 3 atom stereocenters. The van der Waals surface area contributed by atoms with Gasteiger partial charge in [-0.15, -0.1) is 5.10 Å². The average Bonchev–Trinajstić information content (AvgIpc) is 3.12. The van der Waals surface area contributed by atoms with Crippen LogP contribution < -0.4 is 16.4 Å². The Morgan fingerprint density at radius 1 is 1.32 bits per heavy atom. The highest BCUT2D eigenvalue weighted by Crippen LogP contribution is 2.28. The van der Waals surface area contributed by atoms with Crippen molar-refractivity contribution >= 4 is 11.9 Å². The zero-order chi connectivity index (χ0) is 19.9. The second-order valence-electron chi connectivity index (χ2n) is 8.13. The molecule has 0 unspecified atom stereocenters. The lowest BCUT2D eigenvalue weighted by Crippen LogP contribution is -2.53. The van der Waals surface area contributed by atoms with Gasteiger partial charge in [0.15, 0.2) is 0 Å². The van der Waals surface area contributed by atoms with Gasteiger partial charge in [-0.05, 0) is 58.7 Å². The van der Waals surface area contributed by atoms with Crippen LogP contribution >= 0.6 is 0 Å². The zero-order valence-corrected chi connectivity index (χ0v) is 17.1. The molecule has 2 aliphatic rings. The number of hydrogen-bond acceptors (Lipinski definition) is 7. The van der Waals surface area contributed by atoms with Gasteiger partial charge in [-0.1, -0.05) is 6.92 Å². The smallest absolute Gasteiger partial charge is 0.239 e. The van der Waals surface area contributed by atoms with Crippen molar-refractivity contribution in [2.24, 2.45) is 5.92 Å². The van der Waals surface area contributed by atoms with Crippen LogP contribution in [0.15, 0.2) is 0 Å². The highest BCUT2D eigenvalue weighted by Gasteiger charge is 2.35. The number of aromatic amines is 1. The first-order chi connectivity index (χ1) is 13.5. The van der Waals surface area contributed by atoms with Crippen molar-refractivity contribution < 1.29 is 9.53 Å². The molecule has 2 fully saturated rings. The van der Waals surface area contributed by atoms with E-state index in [0.717, 1.165) is 45.4 Å². The molecule has 9 heteroatoms. The summed E-state index contributed by atoms with van der Waals surface area (Å²) >= 11 is 0. The summed E-state index contributed by atoms with van der Waals surface area (Å²) < 4.78 is 6.16. The van der Waals surface area contributed by atoms with E-state index in [2.05, 4.69) is 44.7 Å². The first-order valence-corrected chi connectivity index (χ1v) is 10.6. The van der Waals surface area contributed by atoms with Crippen LogP contribution in [0, 0.1) is 5.92 Å². The Balaban J connectivity index is 1.51. The minimum atomic E-state index is -0.0299. The lowest BCUT2D eigenvalue weighted by atomic mass is 9.82. The lowest BCUT2D eigenvalue weighted by molar-refractivity contribution is -0.128. The van der Waals surface area contributed by atoms with Crippen LogP contribution in [0.5, 0.6) is 0 Å². The molecule has 0 bridgehead atoms. The summed E-state index contributed by atoms with van der Waals surface area (Å²) in [7, 11) is 2.18. The van der Waals surface area contributed by atoms with Crippen LogP contribution in [-0.2, 0) is 16.1 Å². The van der Waals surface area contributed by atoms with E-state index in [1.54, 1.807) is 0 Å². The molecule has 1 saturated heterocycles. The first kappa shape index (κ1) is 21.0. The summed E-state index contributed by atoms with van der Waals surface area (Å²) in [5, 5.41) is 13.3. The second kappa shape index (κ2) is 10.2.